The molecule has 0 atom stereocenters. The zero-order valence-corrected chi connectivity index (χ0v) is 10.7. The fraction of sp³-hybridized carbons (Fsp3) is 0. The lowest BCUT2D eigenvalue weighted by Crippen LogP contribution is -2.03. The third-order valence-electron chi connectivity index (χ3n) is 1.34. The Bertz CT molecular complexity index is 376. The molecule has 0 aliphatic rings. The van der Waals surface area contributed by atoms with Crippen LogP contribution in [0.5, 0.6) is 5.75 Å². The molecule has 0 fully saturated rings. The second kappa shape index (κ2) is 3.98. The molecule has 0 heterocycles. The normalized spacial score (nSPS) is 10.1. The van der Waals surface area contributed by atoms with Gasteiger partial charge in [-0.25, -0.2) is 4.79 Å². The average Bonchev–Trinajstić information content (AvgIpc) is 1.99. The van der Waals surface area contributed by atoms with Crippen LogP contribution in [-0.2, 0) is 0 Å². The van der Waals surface area contributed by atoms with Gasteiger partial charge in [0, 0.05) is 13.4 Å². The Morgan fingerprint density at radius 3 is 2.31 bits per heavy atom. The summed E-state index contributed by atoms with van der Waals surface area (Å²) in [6.45, 7) is 0. The quantitative estimate of drug-likeness (QED) is 0.823. The van der Waals surface area contributed by atoms with Crippen LogP contribution in [0.3, 0.4) is 0 Å². The molecule has 0 radical (unpaired) electrons. The van der Waals surface area contributed by atoms with Crippen molar-refractivity contribution in [1.29, 1.82) is 0 Å². The van der Waals surface area contributed by atoms with Gasteiger partial charge in [0.05, 0.1) is 5.56 Å². The van der Waals surface area contributed by atoms with Crippen LogP contribution in [0, 0.1) is 0 Å². The number of benzene rings is 1. The maximum Gasteiger partial charge on any atom is 0.337 e. The van der Waals surface area contributed by atoms with E-state index in [4.69, 9.17) is 5.11 Å². The summed E-state index contributed by atoms with van der Waals surface area (Å²) in [7, 11) is 0. The molecule has 1 rings (SSSR count). The fourth-order valence-corrected chi connectivity index (χ4v) is 3.23. The van der Waals surface area contributed by atoms with Crippen molar-refractivity contribution < 1.29 is 15.0 Å². The molecule has 0 saturated heterocycles. The van der Waals surface area contributed by atoms with E-state index in [1.807, 2.05) is 0 Å². The highest BCUT2D eigenvalue weighted by Gasteiger charge is 2.14. The lowest BCUT2D eigenvalue weighted by atomic mass is 10.2. The van der Waals surface area contributed by atoms with E-state index in [-0.39, 0.29) is 15.8 Å². The van der Waals surface area contributed by atoms with Gasteiger partial charge in [0.25, 0.3) is 0 Å². The Morgan fingerprint density at radius 1 is 1.31 bits per heavy atom. The van der Waals surface area contributed by atoms with Crippen molar-refractivity contribution in [2.45, 2.75) is 0 Å². The number of aromatic carboxylic acids is 1. The largest absolute Gasteiger partial charge is 0.871 e. The molecule has 0 unspecified atom stereocenters. The SMILES string of the molecule is O=C(O)c1c(Br)cc(Br)c([O-])c1Br. The first-order valence-electron chi connectivity index (χ1n) is 3.03. The summed E-state index contributed by atoms with van der Waals surface area (Å²) < 4.78 is 0.718. The number of rotatable bonds is 1. The van der Waals surface area contributed by atoms with Crippen LogP contribution in [0.1, 0.15) is 10.4 Å². The molecular weight excluding hydrogens is 372 g/mol. The van der Waals surface area contributed by atoms with Crippen LogP contribution in [0.15, 0.2) is 19.5 Å². The second-order valence-electron chi connectivity index (χ2n) is 2.16. The van der Waals surface area contributed by atoms with Gasteiger partial charge in [-0.2, -0.15) is 0 Å². The molecule has 0 bridgehead atoms. The Morgan fingerprint density at radius 2 is 1.85 bits per heavy atom. The van der Waals surface area contributed by atoms with Gasteiger partial charge in [0.15, 0.2) is 0 Å². The van der Waals surface area contributed by atoms with Crippen LogP contribution >= 0.6 is 47.8 Å². The van der Waals surface area contributed by atoms with Gasteiger partial charge in [0.1, 0.15) is 0 Å². The van der Waals surface area contributed by atoms with Crippen molar-refractivity contribution in [2.75, 3.05) is 0 Å². The van der Waals surface area contributed by atoms with Crippen LogP contribution < -0.4 is 5.11 Å². The highest BCUT2D eigenvalue weighted by atomic mass is 79.9. The standard InChI is InChI=1S/C7H3Br3O3/c8-2-1-3(9)6(11)5(10)4(2)7(12)13/h1,11H,(H,12,13)/p-1. The summed E-state index contributed by atoms with van der Waals surface area (Å²) >= 11 is 9.00. The predicted octanol–water partition coefficient (Wildman–Crippen LogP) is 2.75. The second-order valence-corrected chi connectivity index (χ2v) is 4.67. The highest BCUT2D eigenvalue weighted by Crippen LogP contribution is 2.37. The maximum absolute atomic E-state index is 11.3. The Hall–Kier alpha value is -0.0700. The van der Waals surface area contributed by atoms with E-state index in [1.165, 1.54) is 6.07 Å². The minimum absolute atomic E-state index is 0.0428. The van der Waals surface area contributed by atoms with E-state index in [0.717, 1.165) is 0 Å². The average molecular weight is 374 g/mol. The van der Waals surface area contributed by atoms with Crippen molar-refractivity contribution in [1.82, 2.24) is 0 Å². The molecule has 70 valence electrons. The molecule has 3 nitrogen and oxygen atoms in total. The molecule has 0 saturated carbocycles. The molecule has 1 aromatic carbocycles. The first kappa shape index (κ1) is 11.0. The van der Waals surface area contributed by atoms with Crippen molar-refractivity contribution in [3.8, 4) is 5.75 Å². The smallest absolute Gasteiger partial charge is 0.337 e. The summed E-state index contributed by atoms with van der Waals surface area (Å²) in [6, 6.07) is 1.41. The summed E-state index contributed by atoms with van der Waals surface area (Å²) in [5, 5.41) is 20.0. The van der Waals surface area contributed by atoms with Gasteiger partial charge < -0.3 is 10.2 Å². The van der Waals surface area contributed by atoms with E-state index in [1.54, 1.807) is 0 Å². The molecule has 0 amide bonds. The zero-order chi connectivity index (χ0) is 10.2. The van der Waals surface area contributed by atoms with Gasteiger partial charge in [-0.3, -0.25) is 0 Å². The van der Waals surface area contributed by atoms with Crippen molar-refractivity contribution >= 4 is 53.8 Å². The topological polar surface area (TPSA) is 60.4 Å². The lowest BCUT2D eigenvalue weighted by Gasteiger charge is -2.14. The molecule has 0 aromatic heterocycles. The fourth-order valence-electron chi connectivity index (χ4n) is 0.768. The number of carboxylic acids is 1. The zero-order valence-electron chi connectivity index (χ0n) is 5.97. The highest BCUT2D eigenvalue weighted by molar-refractivity contribution is 9.11. The maximum atomic E-state index is 11.3. The molecular formula is C7H2Br3O3-. The summed E-state index contributed by atoms with van der Waals surface area (Å²) in [5.74, 6) is -1.52. The first-order chi connectivity index (χ1) is 5.95. The minimum Gasteiger partial charge on any atom is -0.871 e. The number of halogens is 3. The Kier molecular flexibility index (Phi) is 3.37. The number of hydrogen-bond acceptors (Lipinski definition) is 2. The number of carbonyl (C=O) groups is 1. The minimum atomic E-state index is -1.15. The van der Waals surface area contributed by atoms with E-state index in [9.17, 15) is 9.90 Å². The Labute approximate surface area is 99.1 Å². The predicted molar refractivity (Wildman–Crippen MR) is 55.9 cm³/mol. The van der Waals surface area contributed by atoms with Crippen LogP contribution in [0.4, 0.5) is 0 Å². The van der Waals surface area contributed by atoms with E-state index >= 15 is 0 Å². The van der Waals surface area contributed by atoms with Gasteiger partial charge in [-0.15, -0.1) is 0 Å². The van der Waals surface area contributed by atoms with Crippen molar-refractivity contribution in [2.24, 2.45) is 0 Å². The van der Waals surface area contributed by atoms with E-state index < -0.39 is 5.97 Å². The Balaban J connectivity index is 3.53. The third kappa shape index (κ3) is 2.05. The molecule has 0 aliphatic carbocycles. The van der Waals surface area contributed by atoms with Gasteiger partial charge in [0.2, 0.25) is 0 Å². The molecule has 1 aromatic rings. The van der Waals surface area contributed by atoms with Gasteiger partial charge >= 0.3 is 5.97 Å². The third-order valence-corrected chi connectivity index (χ3v) is 3.31. The summed E-state index contributed by atoms with van der Waals surface area (Å²) in [6.07, 6.45) is 0. The van der Waals surface area contributed by atoms with Crippen LogP contribution in [0.2, 0.25) is 0 Å². The summed E-state index contributed by atoms with van der Waals surface area (Å²) in [5.41, 5.74) is -0.0619. The lowest BCUT2D eigenvalue weighted by molar-refractivity contribution is -0.270. The van der Waals surface area contributed by atoms with E-state index in [0.29, 0.717) is 8.95 Å². The van der Waals surface area contributed by atoms with Gasteiger partial charge in [-0.1, -0.05) is 37.6 Å². The molecule has 1 N–H and O–H groups in total. The monoisotopic (exact) mass is 371 g/mol. The van der Waals surface area contributed by atoms with E-state index in [2.05, 4.69) is 47.8 Å². The van der Waals surface area contributed by atoms with Crippen LogP contribution in [0.25, 0.3) is 0 Å². The first-order valence-corrected chi connectivity index (χ1v) is 5.41. The molecule has 0 spiro atoms. The number of carboxylic acid groups (broad SMARTS) is 1. The van der Waals surface area contributed by atoms with Crippen molar-refractivity contribution in [3.05, 3.63) is 25.0 Å². The van der Waals surface area contributed by atoms with Crippen LogP contribution in [-0.4, -0.2) is 11.1 Å². The van der Waals surface area contributed by atoms with Gasteiger partial charge in [-0.05, 0) is 22.0 Å². The molecule has 0 aliphatic heterocycles. The van der Waals surface area contributed by atoms with Crippen molar-refractivity contribution in [3.63, 3.8) is 0 Å². The summed E-state index contributed by atoms with van der Waals surface area (Å²) in [4.78, 5) is 10.7. The molecule has 6 heteroatoms. The number of hydrogen-bond donors (Lipinski definition) is 1. The molecule has 13 heavy (non-hydrogen) atoms.